The second-order valence-electron chi connectivity index (χ2n) is 12.8. The molecule has 3 nitrogen and oxygen atoms in total. The van der Waals surface area contributed by atoms with Crippen LogP contribution in [0, 0.1) is 29.6 Å². The molecule has 5 N–H and O–H groups in total. The summed E-state index contributed by atoms with van der Waals surface area (Å²) in [5, 5.41) is 3.79. The molecule has 5 unspecified atom stereocenters. The Morgan fingerprint density at radius 2 is 1.79 bits per heavy atom. The lowest BCUT2D eigenvalue weighted by atomic mass is 9.77. The van der Waals surface area contributed by atoms with E-state index in [4.69, 9.17) is 11.5 Å². The second-order valence-corrected chi connectivity index (χ2v) is 12.8. The van der Waals surface area contributed by atoms with Crippen LogP contribution in [0.15, 0.2) is 60.3 Å². The van der Waals surface area contributed by atoms with Gasteiger partial charge in [0.25, 0.3) is 0 Å². The molecule has 3 heteroatoms. The Bertz CT molecular complexity index is 1010. The first kappa shape index (κ1) is 22.6. The van der Waals surface area contributed by atoms with Gasteiger partial charge in [-0.2, -0.15) is 0 Å². The Labute approximate surface area is 206 Å². The molecule has 4 fully saturated rings. The molecule has 4 saturated carbocycles. The number of allylic oxidation sites excluding steroid dienone is 1. The minimum atomic E-state index is -0.314. The van der Waals surface area contributed by atoms with Crippen molar-refractivity contribution < 1.29 is 0 Å². The standard InChI is InChI=1S/C31H43N3/c1-19-15-30(32)17-25(18-31(30,33)16-19)26(20(2)28-14-27-21(3)29(27)34-28)13-24-10-6-9-23(12-24)11-22-7-4-5-8-22/h6,9-10,12,14,21-22,25-27,29,34H,1-2,4-5,7-8,11,13,15-18,32-33H2,3H3/t21?,25?,26?,27?,29?,30-,31+. The van der Waals surface area contributed by atoms with Crippen molar-refractivity contribution in [1.82, 2.24) is 5.32 Å². The van der Waals surface area contributed by atoms with Gasteiger partial charge in [-0.05, 0) is 78.9 Å². The molecular weight excluding hydrogens is 414 g/mol. The minimum Gasteiger partial charge on any atom is -0.381 e. The van der Waals surface area contributed by atoms with E-state index in [1.807, 2.05) is 0 Å². The van der Waals surface area contributed by atoms with Gasteiger partial charge in [0.05, 0.1) is 0 Å². The normalized spacial score (nSPS) is 39.5. The lowest BCUT2D eigenvalue weighted by Gasteiger charge is -2.33. The molecule has 182 valence electrons. The van der Waals surface area contributed by atoms with Crippen molar-refractivity contribution in [2.45, 2.75) is 88.3 Å². The third kappa shape index (κ3) is 3.80. The van der Waals surface area contributed by atoms with Crippen molar-refractivity contribution in [1.29, 1.82) is 0 Å². The van der Waals surface area contributed by atoms with Crippen LogP contribution >= 0.6 is 0 Å². The largest absolute Gasteiger partial charge is 0.381 e. The maximum atomic E-state index is 6.98. The average Bonchev–Trinajstić information content (AvgIpc) is 3.28. The SMILES string of the molecule is C=C1C[C@@]2(N)CC(C(Cc3cccc(CC4CCCC4)c3)C(=C)C3=CC4C(C)C4N3)C[C@@]2(N)C1. The monoisotopic (exact) mass is 457 g/mol. The van der Waals surface area contributed by atoms with E-state index in [-0.39, 0.29) is 11.1 Å². The molecule has 34 heavy (non-hydrogen) atoms. The molecule has 0 bridgehead atoms. The molecule has 1 aliphatic heterocycles. The third-order valence-electron chi connectivity index (χ3n) is 10.3. The Kier molecular flexibility index (Phi) is 5.39. The molecule has 1 aromatic rings. The van der Waals surface area contributed by atoms with Gasteiger partial charge in [0.1, 0.15) is 0 Å². The highest BCUT2D eigenvalue weighted by atomic mass is 15.0. The smallest absolute Gasteiger partial charge is 0.0380 e. The van der Waals surface area contributed by atoms with E-state index >= 15 is 0 Å². The molecule has 0 spiro atoms. The third-order valence-corrected chi connectivity index (χ3v) is 10.3. The number of nitrogens with one attached hydrogen (secondary N) is 1. The summed E-state index contributed by atoms with van der Waals surface area (Å²) >= 11 is 0. The van der Waals surface area contributed by atoms with Gasteiger partial charge in [-0.1, -0.05) is 81.7 Å². The van der Waals surface area contributed by atoms with Crippen LogP contribution in [0.2, 0.25) is 0 Å². The number of rotatable bonds is 7. The molecule has 7 atom stereocenters. The van der Waals surface area contributed by atoms with Gasteiger partial charge in [0.2, 0.25) is 0 Å². The van der Waals surface area contributed by atoms with Gasteiger partial charge in [-0.25, -0.2) is 0 Å². The predicted molar refractivity (Wildman–Crippen MR) is 141 cm³/mol. The number of hydrogen-bond donors (Lipinski definition) is 3. The maximum Gasteiger partial charge on any atom is 0.0380 e. The van der Waals surface area contributed by atoms with E-state index in [0.29, 0.717) is 23.8 Å². The van der Waals surface area contributed by atoms with Crippen LogP contribution in [0.5, 0.6) is 0 Å². The zero-order valence-electron chi connectivity index (χ0n) is 21.0. The Morgan fingerprint density at radius 3 is 2.44 bits per heavy atom. The molecular formula is C31H43N3. The van der Waals surface area contributed by atoms with Crippen molar-refractivity contribution in [2.75, 3.05) is 0 Å². The Hall–Kier alpha value is -1.84. The van der Waals surface area contributed by atoms with Crippen LogP contribution in [0.4, 0.5) is 0 Å². The number of fused-ring (bicyclic) bond motifs is 2. The topological polar surface area (TPSA) is 64.1 Å². The quantitative estimate of drug-likeness (QED) is 0.480. The van der Waals surface area contributed by atoms with Gasteiger partial charge < -0.3 is 16.8 Å². The van der Waals surface area contributed by atoms with Crippen molar-refractivity contribution in [2.24, 2.45) is 41.1 Å². The van der Waals surface area contributed by atoms with Crippen LogP contribution in [-0.2, 0) is 12.8 Å². The van der Waals surface area contributed by atoms with E-state index in [9.17, 15) is 0 Å². The lowest BCUT2D eigenvalue weighted by molar-refractivity contribution is 0.309. The zero-order valence-corrected chi connectivity index (χ0v) is 21.0. The van der Waals surface area contributed by atoms with E-state index in [2.05, 4.69) is 55.7 Å². The predicted octanol–water partition coefficient (Wildman–Crippen LogP) is 5.41. The first-order valence-electron chi connectivity index (χ1n) is 13.7. The Morgan fingerprint density at radius 1 is 1.12 bits per heavy atom. The van der Waals surface area contributed by atoms with Crippen molar-refractivity contribution in [3.63, 3.8) is 0 Å². The average molecular weight is 458 g/mol. The first-order chi connectivity index (χ1) is 16.2. The zero-order chi connectivity index (χ0) is 23.7. The maximum absolute atomic E-state index is 6.98. The lowest BCUT2D eigenvalue weighted by Crippen LogP contribution is -2.58. The van der Waals surface area contributed by atoms with E-state index in [1.165, 1.54) is 60.1 Å². The van der Waals surface area contributed by atoms with Crippen LogP contribution < -0.4 is 16.8 Å². The summed E-state index contributed by atoms with van der Waals surface area (Å²) in [5.41, 5.74) is 20.1. The summed E-state index contributed by atoms with van der Waals surface area (Å²) in [7, 11) is 0. The first-order valence-corrected chi connectivity index (χ1v) is 13.7. The fraction of sp³-hybridized carbons (Fsp3) is 0.613. The van der Waals surface area contributed by atoms with Gasteiger partial charge in [0.15, 0.2) is 0 Å². The summed E-state index contributed by atoms with van der Waals surface area (Å²) < 4.78 is 0. The van der Waals surface area contributed by atoms with Crippen molar-refractivity contribution in [3.05, 3.63) is 71.5 Å². The molecule has 5 aliphatic rings. The van der Waals surface area contributed by atoms with Crippen molar-refractivity contribution in [3.8, 4) is 0 Å². The highest BCUT2D eigenvalue weighted by molar-refractivity contribution is 5.41. The highest BCUT2D eigenvalue weighted by Crippen LogP contribution is 2.55. The molecule has 4 aliphatic carbocycles. The fourth-order valence-electron chi connectivity index (χ4n) is 8.21. The van der Waals surface area contributed by atoms with E-state index in [1.54, 1.807) is 0 Å². The summed E-state index contributed by atoms with van der Waals surface area (Å²) in [4.78, 5) is 0. The summed E-state index contributed by atoms with van der Waals surface area (Å²) in [5.74, 6) is 3.16. The van der Waals surface area contributed by atoms with E-state index in [0.717, 1.165) is 43.9 Å². The van der Waals surface area contributed by atoms with Crippen LogP contribution in [-0.4, -0.2) is 17.1 Å². The van der Waals surface area contributed by atoms with E-state index < -0.39 is 0 Å². The molecule has 0 amide bonds. The number of nitrogens with two attached hydrogens (primary N) is 2. The number of hydrogen-bond acceptors (Lipinski definition) is 3. The molecule has 1 aromatic carbocycles. The summed E-state index contributed by atoms with van der Waals surface area (Å²) in [6.45, 7) is 11.3. The Balaban J connectivity index is 1.25. The van der Waals surface area contributed by atoms with Crippen LogP contribution in [0.3, 0.4) is 0 Å². The highest BCUT2D eigenvalue weighted by Gasteiger charge is 2.59. The van der Waals surface area contributed by atoms with Crippen molar-refractivity contribution >= 4 is 0 Å². The fourth-order valence-corrected chi connectivity index (χ4v) is 8.21. The van der Waals surface area contributed by atoms with Crippen LogP contribution in [0.25, 0.3) is 0 Å². The van der Waals surface area contributed by atoms with Gasteiger partial charge >= 0.3 is 0 Å². The molecule has 6 rings (SSSR count). The molecule has 0 radical (unpaired) electrons. The molecule has 1 heterocycles. The summed E-state index contributed by atoms with van der Waals surface area (Å²) in [6, 6.07) is 10.0. The minimum absolute atomic E-state index is 0.314. The second kappa shape index (κ2) is 8.10. The van der Waals surface area contributed by atoms with Crippen LogP contribution in [0.1, 0.15) is 69.4 Å². The van der Waals surface area contributed by atoms with Gasteiger partial charge in [-0.3, -0.25) is 0 Å². The summed E-state index contributed by atoms with van der Waals surface area (Å²) in [6.07, 6.45) is 14.0. The molecule has 0 saturated heterocycles. The number of benzene rings is 1. The van der Waals surface area contributed by atoms with Gasteiger partial charge in [-0.15, -0.1) is 0 Å². The van der Waals surface area contributed by atoms with Gasteiger partial charge in [0, 0.05) is 28.7 Å². The molecule has 0 aromatic heterocycles.